The number of benzene rings is 1. The molecule has 0 fully saturated rings. The maximum absolute atomic E-state index is 5.14. The van der Waals surface area contributed by atoms with Gasteiger partial charge in [-0.15, -0.1) is 11.3 Å². The summed E-state index contributed by atoms with van der Waals surface area (Å²) >= 11 is 6.92. The molecule has 0 radical (unpaired) electrons. The minimum Gasteiger partial charge on any atom is -0.360 e. The normalized spacial score (nSPS) is 11.1. The molecule has 0 aliphatic carbocycles. The molecule has 68 valence electrons. The summed E-state index contributed by atoms with van der Waals surface area (Å²) in [5.74, 6) is 0. The highest BCUT2D eigenvalue weighted by molar-refractivity contribution is 7.71. The van der Waals surface area contributed by atoms with E-state index in [9.17, 15) is 0 Å². The third-order valence-electron chi connectivity index (χ3n) is 2.26. The Morgan fingerprint density at radius 2 is 2.07 bits per heavy atom. The van der Waals surface area contributed by atoms with Gasteiger partial charge in [-0.2, -0.15) is 0 Å². The molecule has 0 amide bonds. The van der Waals surface area contributed by atoms with Gasteiger partial charge in [-0.05, 0) is 30.3 Å². The molecule has 0 saturated heterocycles. The molecule has 2 aromatic heterocycles. The number of rotatable bonds is 0. The Morgan fingerprint density at radius 1 is 1.14 bits per heavy atom. The summed E-state index contributed by atoms with van der Waals surface area (Å²) in [4.78, 5) is 3.27. The molecule has 3 rings (SSSR count). The number of hydrogen-bond acceptors (Lipinski definition) is 2. The Labute approximate surface area is 90.0 Å². The van der Waals surface area contributed by atoms with Crippen LogP contribution in [-0.4, -0.2) is 4.98 Å². The molecule has 1 nitrogen and oxygen atoms in total. The fraction of sp³-hybridized carbons (Fsp3) is 0. The van der Waals surface area contributed by atoms with Gasteiger partial charge in [-0.3, -0.25) is 0 Å². The lowest BCUT2D eigenvalue weighted by molar-refractivity contribution is 1.44. The standard InChI is InChI=1S/C11H7NS2/c13-7-3-4-8-10(6-7)14-9-2-1-5-12-11(8)9/h1-6,12H. The van der Waals surface area contributed by atoms with Crippen molar-refractivity contribution < 1.29 is 0 Å². The molecular formula is C11H7NS2. The van der Waals surface area contributed by atoms with Crippen LogP contribution in [0.15, 0.2) is 36.5 Å². The van der Waals surface area contributed by atoms with Crippen molar-refractivity contribution in [2.24, 2.45) is 0 Å². The van der Waals surface area contributed by atoms with Gasteiger partial charge in [0, 0.05) is 20.8 Å². The van der Waals surface area contributed by atoms with Crippen molar-refractivity contribution in [1.82, 2.24) is 4.98 Å². The Kier molecular flexibility index (Phi) is 1.69. The third-order valence-corrected chi connectivity index (χ3v) is 3.63. The molecule has 0 aliphatic rings. The lowest BCUT2D eigenvalue weighted by Gasteiger charge is -1.89. The van der Waals surface area contributed by atoms with E-state index in [-0.39, 0.29) is 0 Å². The summed E-state index contributed by atoms with van der Waals surface area (Å²) < 4.78 is 3.45. The molecule has 0 bridgehead atoms. The van der Waals surface area contributed by atoms with Crippen LogP contribution in [0.3, 0.4) is 0 Å². The maximum atomic E-state index is 5.14. The van der Waals surface area contributed by atoms with Crippen molar-refractivity contribution in [3.8, 4) is 0 Å². The number of fused-ring (bicyclic) bond motifs is 3. The van der Waals surface area contributed by atoms with Gasteiger partial charge in [0.15, 0.2) is 0 Å². The fourth-order valence-corrected chi connectivity index (χ4v) is 3.01. The van der Waals surface area contributed by atoms with E-state index in [1.54, 1.807) is 11.3 Å². The summed E-state index contributed by atoms with van der Waals surface area (Å²) in [6.45, 7) is 0. The molecular weight excluding hydrogens is 210 g/mol. The van der Waals surface area contributed by atoms with Gasteiger partial charge in [-0.25, -0.2) is 0 Å². The Hall–Kier alpha value is -1.19. The quantitative estimate of drug-likeness (QED) is 0.560. The second kappa shape index (κ2) is 2.90. The highest BCUT2D eigenvalue weighted by Gasteiger charge is 2.02. The number of hydrogen-bond donors (Lipinski definition) is 1. The fourth-order valence-electron chi connectivity index (χ4n) is 1.63. The zero-order chi connectivity index (χ0) is 9.54. The van der Waals surface area contributed by atoms with Gasteiger partial charge in [0.2, 0.25) is 0 Å². The van der Waals surface area contributed by atoms with E-state index in [0.717, 1.165) is 4.51 Å². The second-order valence-electron chi connectivity index (χ2n) is 3.17. The van der Waals surface area contributed by atoms with E-state index in [1.165, 1.54) is 20.3 Å². The van der Waals surface area contributed by atoms with Crippen LogP contribution in [0, 0.1) is 4.51 Å². The molecule has 1 N–H and O–H groups in total. The number of thiophene rings is 1. The average molecular weight is 217 g/mol. The molecule has 0 aliphatic heterocycles. The Bertz CT molecular complexity index is 663. The van der Waals surface area contributed by atoms with Gasteiger partial charge >= 0.3 is 0 Å². The van der Waals surface area contributed by atoms with Crippen molar-refractivity contribution in [3.63, 3.8) is 0 Å². The Balaban J connectivity index is 2.63. The predicted octanol–water partition coefficient (Wildman–Crippen LogP) is 4.11. The molecule has 0 saturated carbocycles. The minimum absolute atomic E-state index is 0.907. The van der Waals surface area contributed by atoms with Gasteiger partial charge in [0.05, 0.1) is 10.2 Å². The van der Waals surface area contributed by atoms with Crippen LogP contribution in [0.2, 0.25) is 0 Å². The van der Waals surface area contributed by atoms with E-state index < -0.39 is 0 Å². The summed E-state index contributed by atoms with van der Waals surface area (Å²) in [6, 6.07) is 10.3. The van der Waals surface area contributed by atoms with Crippen LogP contribution in [0.1, 0.15) is 0 Å². The van der Waals surface area contributed by atoms with E-state index >= 15 is 0 Å². The van der Waals surface area contributed by atoms with Crippen LogP contribution in [0.25, 0.3) is 20.3 Å². The van der Waals surface area contributed by atoms with Gasteiger partial charge in [0.25, 0.3) is 0 Å². The number of pyridine rings is 1. The number of aromatic amines is 1. The van der Waals surface area contributed by atoms with Crippen LogP contribution < -0.4 is 0 Å². The lowest BCUT2D eigenvalue weighted by Crippen LogP contribution is -1.70. The first-order chi connectivity index (χ1) is 6.84. The van der Waals surface area contributed by atoms with Crippen LogP contribution in [0.4, 0.5) is 0 Å². The monoisotopic (exact) mass is 217 g/mol. The van der Waals surface area contributed by atoms with Crippen molar-refractivity contribution in [3.05, 3.63) is 41.0 Å². The van der Waals surface area contributed by atoms with Gasteiger partial charge in [0.1, 0.15) is 0 Å². The number of aromatic nitrogens is 1. The third kappa shape index (κ3) is 1.10. The molecule has 3 aromatic rings. The van der Waals surface area contributed by atoms with E-state index in [2.05, 4.69) is 23.2 Å². The highest BCUT2D eigenvalue weighted by Crippen LogP contribution is 2.31. The largest absolute Gasteiger partial charge is 0.360 e. The van der Waals surface area contributed by atoms with Crippen molar-refractivity contribution >= 4 is 43.9 Å². The lowest BCUT2D eigenvalue weighted by atomic mass is 10.2. The maximum Gasteiger partial charge on any atom is 0.0642 e. The van der Waals surface area contributed by atoms with Crippen molar-refractivity contribution in [2.45, 2.75) is 0 Å². The Morgan fingerprint density at radius 3 is 3.00 bits per heavy atom. The first kappa shape index (κ1) is 8.15. The minimum atomic E-state index is 0.907. The molecule has 14 heavy (non-hydrogen) atoms. The summed E-state index contributed by atoms with van der Waals surface area (Å²) in [5.41, 5.74) is 1.21. The second-order valence-corrected chi connectivity index (χ2v) is 4.72. The van der Waals surface area contributed by atoms with Crippen molar-refractivity contribution in [1.29, 1.82) is 0 Å². The number of H-pyrrole nitrogens is 1. The molecule has 0 unspecified atom stereocenters. The first-order valence-corrected chi connectivity index (χ1v) is 5.57. The summed E-state index contributed by atoms with van der Waals surface area (Å²) in [6.07, 6.45) is 1.95. The molecule has 2 heterocycles. The van der Waals surface area contributed by atoms with Crippen LogP contribution >= 0.6 is 23.6 Å². The van der Waals surface area contributed by atoms with E-state index in [4.69, 9.17) is 12.2 Å². The highest BCUT2D eigenvalue weighted by atomic mass is 32.1. The average Bonchev–Trinajstić information content (AvgIpc) is 2.54. The van der Waals surface area contributed by atoms with E-state index in [1.807, 2.05) is 18.3 Å². The van der Waals surface area contributed by atoms with Crippen LogP contribution in [0.5, 0.6) is 0 Å². The number of nitrogens with one attached hydrogen (secondary N) is 1. The molecule has 3 heteroatoms. The molecule has 0 spiro atoms. The van der Waals surface area contributed by atoms with E-state index in [0.29, 0.717) is 0 Å². The van der Waals surface area contributed by atoms with Crippen LogP contribution in [-0.2, 0) is 0 Å². The zero-order valence-corrected chi connectivity index (χ0v) is 8.91. The van der Waals surface area contributed by atoms with Gasteiger partial charge in [-0.1, -0.05) is 12.2 Å². The van der Waals surface area contributed by atoms with Crippen molar-refractivity contribution in [2.75, 3.05) is 0 Å². The summed E-state index contributed by atoms with van der Waals surface area (Å²) in [7, 11) is 0. The smallest absolute Gasteiger partial charge is 0.0642 e. The SMILES string of the molecule is S=c1ccc2c(c1)sc1ccc[nH]c12. The van der Waals surface area contributed by atoms with Gasteiger partial charge < -0.3 is 4.98 Å². The predicted molar refractivity (Wildman–Crippen MR) is 64.5 cm³/mol. The zero-order valence-electron chi connectivity index (χ0n) is 7.28. The summed E-state index contributed by atoms with van der Waals surface area (Å²) in [5, 5.41) is 1.26. The first-order valence-electron chi connectivity index (χ1n) is 4.34. The molecule has 0 atom stereocenters. The molecule has 1 aromatic carbocycles. The topological polar surface area (TPSA) is 15.8 Å².